The number of anilines is 2. The third-order valence-electron chi connectivity index (χ3n) is 6.34. The number of nitrogens with one attached hydrogen (secondary N) is 1. The molecule has 1 aliphatic rings. The standard InChI is InChI=1S/C29H42N8O2.C2H6/c1-8-10-11-25(31-21-29(4,5)39)37-26(22(3)27(38)36(37)16-9-2)33-28(30-6)32-23-12-14-24(15-13-23)35-19-17-34(7)18-20-35;1-2/h9-15,39H,2,6,8,16-21H2,1,3-5,7H3,(H,32,33);1-2H3/b11-10-,31-25?;. The van der Waals surface area contributed by atoms with Gasteiger partial charge in [-0.1, -0.05) is 32.9 Å². The number of rotatable bonds is 9. The number of aliphatic imine (C=N–C) groups is 3. The second-order valence-electron chi connectivity index (χ2n) is 10.3. The number of hydrogen-bond acceptors (Lipinski definition) is 6. The molecule has 0 radical (unpaired) electrons. The van der Waals surface area contributed by atoms with Crippen LogP contribution in [0, 0.1) is 6.92 Å². The zero-order chi connectivity index (χ0) is 30.6. The molecule has 1 saturated heterocycles. The van der Waals surface area contributed by atoms with E-state index in [0.717, 1.165) is 38.3 Å². The van der Waals surface area contributed by atoms with E-state index in [2.05, 4.69) is 57.6 Å². The molecule has 10 heteroatoms. The average molecular weight is 565 g/mol. The van der Waals surface area contributed by atoms with E-state index in [0.29, 0.717) is 17.2 Å². The molecule has 0 saturated carbocycles. The molecule has 224 valence electrons. The molecular weight excluding hydrogens is 516 g/mol. The minimum atomic E-state index is -1.02. The summed E-state index contributed by atoms with van der Waals surface area (Å²) in [6, 6.07) is 8.12. The molecular formula is C31H48N8O2. The summed E-state index contributed by atoms with van der Waals surface area (Å²) in [5.41, 5.74) is 1.17. The van der Waals surface area contributed by atoms with Gasteiger partial charge in [0.1, 0.15) is 5.84 Å². The fourth-order valence-corrected chi connectivity index (χ4v) is 4.14. The lowest BCUT2D eigenvalue weighted by Gasteiger charge is -2.34. The van der Waals surface area contributed by atoms with Gasteiger partial charge < -0.3 is 20.2 Å². The predicted octanol–water partition coefficient (Wildman–Crippen LogP) is 4.71. The van der Waals surface area contributed by atoms with Crippen molar-refractivity contribution in [1.29, 1.82) is 0 Å². The predicted molar refractivity (Wildman–Crippen MR) is 175 cm³/mol. The number of aliphatic hydroxyl groups is 1. The lowest BCUT2D eigenvalue weighted by molar-refractivity contribution is 0.0903. The molecule has 1 fully saturated rings. The van der Waals surface area contributed by atoms with Gasteiger partial charge in [0.15, 0.2) is 5.82 Å². The van der Waals surface area contributed by atoms with Gasteiger partial charge in [-0.05, 0) is 71.3 Å². The van der Waals surface area contributed by atoms with Crippen LogP contribution in [0.5, 0.6) is 0 Å². The van der Waals surface area contributed by atoms with Gasteiger partial charge in [0.25, 0.3) is 5.56 Å². The maximum Gasteiger partial charge on any atom is 0.272 e. The van der Waals surface area contributed by atoms with E-state index in [1.807, 2.05) is 45.1 Å². The molecule has 10 nitrogen and oxygen atoms in total. The van der Waals surface area contributed by atoms with E-state index in [1.165, 1.54) is 10.4 Å². The highest BCUT2D eigenvalue weighted by Gasteiger charge is 2.21. The maximum absolute atomic E-state index is 13.2. The summed E-state index contributed by atoms with van der Waals surface area (Å²) in [5, 5.41) is 13.5. The molecule has 3 rings (SSSR count). The Labute approximate surface area is 245 Å². The summed E-state index contributed by atoms with van der Waals surface area (Å²) in [5.74, 6) is 1.10. The van der Waals surface area contributed by atoms with Crippen LogP contribution in [-0.2, 0) is 6.54 Å². The zero-order valence-corrected chi connectivity index (χ0v) is 25.9. The van der Waals surface area contributed by atoms with Crippen LogP contribution in [0.2, 0.25) is 0 Å². The summed E-state index contributed by atoms with van der Waals surface area (Å²) in [6.07, 6.45) is 6.20. The van der Waals surface area contributed by atoms with Crippen LogP contribution in [-0.4, -0.2) is 83.3 Å². The number of nitrogens with zero attached hydrogens (tertiary/aromatic N) is 7. The first-order chi connectivity index (χ1) is 19.6. The molecule has 2 N–H and O–H groups in total. The fraction of sp³-hybridized carbons (Fsp3) is 0.484. The summed E-state index contributed by atoms with van der Waals surface area (Å²) in [4.78, 5) is 31.4. The first-order valence-electron chi connectivity index (χ1n) is 14.3. The highest BCUT2D eigenvalue weighted by Crippen LogP contribution is 2.22. The van der Waals surface area contributed by atoms with Gasteiger partial charge in [0, 0.05) is 37.6 Å². The lowest BCUT2D eigenvalue weighted by atomic mass is 10.1. The van der Waals surface area contributed by atoms with Crippen LogP contribution < -0.4 is 15.8 Å². The van der Waals surface area contributed by atoms with Crippen LogP contribution in [0.15, 0.2) is 68.8 Å². The SMILES string of the molecule is C=CCn1c(=O)c(C)c(/N=C(\N=C)Nc2ccc(N3CCN(C)CC3)cc2)n1C(/C=C\CC)=NCC(C)(C)O.CC. The summed E-state index contributed by atoms with van der Waals surface area (Å²) >= 11 is 0. The Kier molecular flexibility index (Phi) is 13.0. The third kappa shape index (κ3) is 9.40. The molecule has 41 heavy (non-hydrogen) atoms. The van der Waals surface area contributed by atoms with Gasteiger partial charge >= 0.3 is 0 Å². The number of aromatic nitrogens is 2. The van der Waals surface area contributed by atoms with E-state index in [1.54, 1.807) is 31.5 Å². The van der Waals surface area contributed by atoms with Crippen molar-refractivity contribution in [2.24, 2.45) is 15.0 Å². The largest absolute Gasteiger partial charge is 0.389 e. The van der Waals surface area contributed by atoms with Gasteiger partial charge in [-0.15, -0.1) is 6.58 Å². The topological polar surface area (TPSA) is 103 Å². The van der Waals surface area contributed by atoms with Crippen LogP contribution in [0.1, 0.15) is 46.6 Å². The number of likely N-dealkylation sites (N-methyl/N-ethyl adjacent to an activating group) is 1. The van der Waals surface area contributed by atoms with Crippen molar-refractivity contribution in [2.75, 3.05) is 50.0 Å². The van der Waals surface area contributed by atoms with Crippen molar-refractivity contribution in [3.63, 3.8) is 0 Å². The van der Waals surface area contributed by atoms with Gasteiger partial charge in [0.05, 0.1) is 24.3 Å². The molecule has 1 aromatic carbocycles. The molecule has 0 bridgehead atoms. The summed E-state index contributed by atoms with van der Waals surface area (Å²) < 4.78 is 3.18. The van der Waals surface area contributed by atoms with Gasteiger partial charge in [-0.3, -0.25) is 9.79 Å². The molecule has 1 aromatic heterocycles. The van der Waals surface area contributed by atoms with Crippen LogP contribution in [0.4, 0.5) is 17.2 Å². The minimum Gasteiger partial charge on any atom is -0.389 e. The first-order valence-corrected chi connectivity index (χ1v) is 14.3. The maximum atomic E-state index is 13.2. The molecule has 2 heterocycles. The Morgan fingerprint density at radius 2 is 1.78 bits per heavy atom. The zero-order valence-electron chi connectivity index (χ0n) is 25.9. The van der Waals surface area contributed by atoms with E-state index < -0.39 is 5.60 Å². The normalized spacial score (nSPS) is 15.1. The van der Waals surface area contributed by atoms with E-state index in [9.17, 15) is 9.90 Å². The van der Waals surface area contributed by atoms with Gasteiger partial charge in [-0.25, -0.2) is 14.4 Å². The Morgan fingerprint density at radius 3 is 2.32 bits per heavy atom. The third-order valence-corrected chi connectivity index (χ3v) is 6.34. The highest BCUT2D eigenvalue weighted by molar-refractivity contribution is 6.00. The van der Waals surface area contributed by atoms with E-state index >= 15 is 0 Å². The number of benzene rings is 1. The Balaban J connectivity index is 0.00000287. The van der Waals surface area contributed by atoms with Crippen molar-refractivity contribution in [2.45, 2.75) is 60.1 Å². The van der Waals surface area contributed by atoms with Crippen LogP contribution >= 0.6 is 0 Å². The van der Waals surface area contributed by atoms with Crippen molar-refractivity contribution in [3.05, 3.63) is 65.0 Å². The monoisotopic (exact) mass is 564 g/mol. The highest BCUT2D eigenvalue weighted by atomic mass is 16.3. The number of piperazine rings is 1. The molecule has 2 aromatic rings. The Morgan fingerprint density at radius 1 is 1.15 bits per heavy atom. The fourth-order valence-electron chi connectivity index (χ4n) is 4.14. The van der Waals surface area contributed by atoms with Crippen molar-refractivity contribution >= 4 is 35.7 Å². The molecule has 0 aliphatic carbocycles. The van der Waals surface area contributed by atoms with E-state index in [-0.39, 0.29) is 24.6 Å². The molecule has 1 aliphatic heterocycles. The number of allylic oxidation sites excluding steroid dienone is 3. The van der Waals surface area contributed by atoms with Gasteiger partial charge in [-0.2, -0.15) is 4.99 Å². The van der Waals surface area contributed by atoms with E-state index in [4.69, 9.17) is 4.99 Å². The van der Waals surface area contributed by atoms with Crippen molar-refractivity contribution < 1.29 is 5.11 Å². The minimum absolute atomic E-state index is 0.142. The summed E-state index contributed by atoms with van der Waals surface area (Å²) in [7, 11) is 2.14. The number of guanidine groups is 1. The van der Waals surface area contributed by atoms with Gasteiger partial charge in [0.2, 0.25) is 5.96 Å². The quantitative estimate of drug-likeness (QED) is 0.261. The van der Waals surface area contributed by atoms with Crippen molar-refractivity contribution in [1.82, 2.24) is 14.3 Å². The van der Waals surface area contributed by atoms with Crippen molar-refractivity contribution in [3.8, 4) is 0 Å². The van der Waals surface area contributed by atoms with Crippen LogP contribution in [0.3, 0.4) is 0 Å². The molecule has 0 atom stereocenters. The molecule has 0 amide bonds. The second kappa shape index (κ2) is 15.9. The summed E-state index contributed by atoms with van der Waals surface area (Å²) in [6.45, 7) is 23.1. The lowest BCUT2D eigenvalue weighted by Crippen LogP contribution is -2.44. The van der Waals surface area contributed by atoms with Crippen LogP contribution in [0.25, 0.3) is 0 Å². The molecule has 0 unspecified atom stereocenters. The second-order valence-corrected chi connectivity index (χ2v) is 10.3. The first kappa shape index (κ1) is 33.4. The number of hydrogen-bond donors (Lipinski definition) is 2. The Hall–Kier alpha value is -3.76. The smallest absolute Gasteiger partial charge is 0.272 e. The molecule has 0 spiro atoms. The Bertz CT molecular complexity index is 1290. The average Bonchev–Trinajstić information content (AvgIpc) is 3.18.